The van der Waals surface area contributed by atoms with Gasteiger partial charge in [-0.3, -0.25) is 4.79 Å². The largest absolute Gasteiger partial charge is 0.496 e. The van der Waals surface area contributed by atoms with E-state index < -0.39 is 17.2 Å². The van der Waals surface area contributed by atoms with Crippen molar-refractivity contribution < 1.29 is 23.5 Å². The molecule has 0 bridgehead atoms. The number of methoxy groups -OCH3 is 1. The van der Waals surface area contributed by atoms with Crippen LogP contribution in [0.3, 0.4) is 0 Å². The van der Waals surface area contributed by atoms with Gasteiger partial charge in [-0.15, -0.1) is 0 Å². The van der Waals surface area contributed by atoms with Crippen molar-refractivity contribution in [1.29, 1.82) is 0 Å². The first kappa shape index (κ1) is 22.3. The van der Waals surface area contributed by atoms with Gasteiger partial charge in [0.1, 0.15) is 23.0 Å². The summed E-state index contributed by atoms with van der Waals surface area (Å²) in [4.78, 5) is 34.9. The third kappa shape index (κ3) is 5.39. The molecule has 10 heteroatoms. The summed E-state index contributed by atoms with van der Waals surface area (Å²) in [5.41, 5.74) is 5.48. The van der Waals surface area contributed by atoms with Crippen molar-refractivity contribution >= 4 is 23.6 Å². The van der Waals surface area contributed by atoms with Crippen LogP contribution in [-0.4, -0.2) is 58.6 Å². The number of likely N-dealkylation sites (tertiary alicyclic amines) is 1. The number of nitrogens with two attached hydrogens (primary N) is 1. The maximum Gasteiger partial charge on any atom is 0.410 e. The first-order chi connectivity index (χ1) is 14.6. The molecule has 0 aliphatic carbocycles. The van der Waals surface area contributed by atoms with Crippen LogP contribution >= 0.6 is 0 Å². The minimum absolute atomic E-state index is 0.0299. The van der Waals surface area contributed by atoms with E-state index in [-0.39, 0.29) is 40.8 Å². The van der Waals surface area contributed by atoms with Crippen LogP contribution in [0.25, 0.3) is 0 Å². The van der Waals surface area contributed by atoms with E-state index in [1.54, 1.807) is 4.90 Å². The van der Waals surface area contributed by atoms with E-state index in [1.807, 2.05) is 20.8 Å². The number of rotatable bonds is 5. The number of ether oxygens (including phenoxy) is 2. The van der Waals surface area contributed by atoms with E-state index in [1.165, 1.54) is 25.4 Å². The molecule has 0 unspecified atom stereocenters. The summed E-state index contributed by atoms with van der Waals surface area (Å²) in [5.74, 6) is -0.705. The third-order valence-electron chi connectivity index (χ3n) is 4.64. The zero-order valence-electron chi connectivity index (χ0n) is 17.9. The number of amides is 1. The van der Waals surface area contributed by atoms with Crippen LogP contribution in [0.15, 0.2) is 24.4 Å². The summed E-state index contributed by atoms with van der Waals surface area (Å²) in [6.07, 6.45) is 1.60. The number of anilines is 2. The fourth-order valence-corrected chi connectivity index (χ4v) is 3.20. The van der Waals surface area contributed by atoms with Crippen LogP contribution in [0.4, 0.5) is 21.0 Å². The van der Waals surface area contributed by atoms with Crippen molar-refractivity contribution in [3.63, 3.8) is 0 Å². The van der Waals surface area contributed by atoms with E-state index in [0.717, 1.165) is 6.07 Å². The van der Waals surface area contributed by atoms with Crippen molar-refractivity contribution in [3.8, 4) is 5.75 Å². The number of nitrogens with zero attached hydrogens (tertiary/aromatic N) is 3. The molecular formula is C21H26FN5O4. The molecule has 31 heavy (non-hydrogen) atoms. The average Bonchev–Trinajstić information content (AvgIpc) is 3.15. The minimum atomic E-state index is -0.572. The molecule has 1 aliphatic heterocycles. The smallest absolute Gasteiger partial charge is 0.410 e. The summed E-state index contributed by atoms with van der Waals surface area (Å²) >= 11 is 0. The molecule has 1 saturated heterocycles. The quantitative estimate of drug-likeness (QED) is 0.694. The standard InChI is InChI=1S/C21H26FN5O4/c1-21(2,3)31-20(29)27-8-7-13(11-27)25-19-24-10-15(18(23)26-19)17(28)14-9-12(22)5-6-16(14)30-4/h5-6,9-10,13H,7-8,11H2,1-4H3,(H3,23,24,25,26)/t13-/m0/s1. The van der Waals surface area contributed by atoms with Gasteiger partial charge in [-0.1, -0.05) is 0 Å². The van der Waals surface area contributed by atoms with Crippen LogP contribution in [0, 0.1) is 5.82 Å². The highest BCUT2D eigenvalue weighted by atomic mass is 19.1. The first-order valence-corrected chi connectivity index (χ1v) is 9.82. The number of ketones is 1. The fraction of sp³-hybridized carbons (Fsp3) is 0.429. The Morgan fingerprint density at radius 2 is 2.03 bits per heavy atom. The van der Waals surface area contributed by atoms with Gasteiger partial charge in [0.15, 0.2) is 0 Å². The predicted octanol–water partition coefficient (Wildman–Crippen LogP) is 2.86. The van der Waals surface area contributed by atoms with Gasteiger partial charge >= 0.3 is 6.09 Å². The van der Waals surface area contributed by atoms with Crippen LogP contribution in [-0.2, 0) is 4.74 Å². The number of carbonyl (C=O) groups is 2. The molecule has 9 nitrogen and oxygen atoms in total. The zero-order valence-corrected chi connectivity index (χ0v) is 17.9. The van der Waals surface area contributed by atoms with Crippen LogP contribution in [0.2, 0.25) is 0 Å². The second-order valence-corrected chi connectivity index (χ2v) is 8.22. The summed E-state index contributed by atoms with van der Waals surface area (Å²) < 4.78 is 24.1. The lowest BCUT2D eigenvalue weighted by molar-refractivity contribution is 0.0293. The van der Waals surface area contributed by atoms with E-state index in [4.69, 9.17) is 15.2 Å². The Hall–Kier alpha value is -3.43. The molecule has 2 aromatic rings. The van der Waals surface area contributed by atoms with Crippen LogP contribution in [0.5, 0.6) is 5.75 Å². The Kier molecular flexibility index (Phi) is 6.28. The second kappa shape index (κ2) is 8.75. The van der Waals surface area contributed by atoms with Gasteiger partial charge in [-0.25, -0.2) is 14.2 Å². The number of hydrogen-bond donors (Lipinski definition) is 2. The van der Waals surface area contributed by atoms with E-state index in [2.05, 4.69) is 15.3 Å². The lowest BCUT2D eigenvalue weighted by Gasteiger charge is -2.24. The van der Waals surface area contributed by atoms with E-state index in [9.17, 15) is 14.0 Å². The van der Waals surface area contributed by atoms with Gasteiger partial charge in [-0.05, 0) is 45.4 Å². The Balaban J connectivity index is 1.69. The molecule has 1 aromatic heterocycles. The number of nitrogen functional groups attached to an aromatic ring is 1. The van der Waals surface area contributed by atoms with Crippen LogP contribution in [0.1, 0.15) is 43.1 Å². The highest BCUT2D eigenvalue weighted by Crippen LogP contribution is 2.25. The highest BCUT2D eigenvalue weighted by Gasteiger charge is 2.30. The molecule has 1 aliphatic rings. The van der Waals surface area contributed by atoms with Gasteiger partial charge in [0.25, 0.3) is 0 Å². The SMILES string of the molecule is COc1ccc(F)cc1C(=O)c1cnc(N[C@H]2CCN(C(=O)OC(C)(C)C)C2)nc1N. The van der Waals surface area contributed by atoms with Gasteiger partial charge < -0.3 is 25.4 Å². The fourth-order valence-electron chi connectivity index (χ4n) is 3.20. The molecule has 0 radical (unpaired) electrons. The molecule has 0 saturated carbocycles. The van der Waals surface area contributed by atoms with Gasteiger partial charge in [0.2, 0.25) is 11.7 Å². The third-order valence-corrected chi connectivity index (χ3v) is 4.64. The average molecular weight is 431 g/mol. The minimum Gasteiger partial charge on any atom is -0.496 e. The van der Waals surface area contributed by atoms with Crippen LogP contribution < -0.4 is 15.8 Å². The molecule has 2 heterocycles. The molecule has 1 aromatic carbocycles. The summed E-state index contributed by atoms with van der Waals surface area (Å²) in [6, 6.07) is 3.56. The Morgan fingerprint density at radius 3 is 2.68 bits per heavy atom. The zero-order chi connectivity index (χ0) is 22.8. The topological polar surface area (TPSA) is 120 Å². The van der Waals surface area contributed by atoms with Crippen molar-refractivity contribution in [2.75, 3.05) is 31.2 Å². The molecular weight excluding hydrogens is 405 g/mol. The van der Waals surface area contributed by atoms with Crippen molar-refractivity contribution in [1.82, 2.24) is 14.9 Å². The number of nitrogens with one attached hydrogen (secondary N) is 1. The van der Waals surface area contributed by atoms with Crippen molar-refractivity contribution in [2.24, 2.45) is 0 Å². The summed E-state index contributed by atoms with van der Waals surface area (Å²) in [7, 11) is 1.39. The molecule has 3 rings (SSSR count). The van der Waals surface area contributed by atoms with E-state index >= 15 is 0 Å². The lowest BCUT2D eigenvalue weighted by Crippen LogP contribution is -2.36. The second-order valence-electron chi connectivity index (χ2n) is 8.22. The van der Waals surface area contributed by atoms with Gasteiger partial charge in [0, 0.05) is 25.3 Å². The molecule has 1 amide bonds. The molecule has 166 valence electrons. The van der Waals surface area contributed by atoms with Crippen molar-refractivity contribution in [3.05, 3.63) is 41.3 Å². The Labute approximate surface area is 179 Å². The number of benzene rings is 1. The number of halogens is 1. The normalized spacial score (nSPS) is 16.2. The highest BCUT2D eigenvalue weighted by molar-refractivity contribution is 6.13. The van der Waals surface area contributed by atoms with Gasteiger partial charge in [0.05, 0.1) is 18.2 Å². The molecule has 3 N–H and O–H groups in total. The van der Waals surface area contributed by atoms with Gasteiger partial charge in [-0.2, -0.15) is 4.98 Å². The lowest BCUT2D eigenvalue weighted by atomic mass is 10.0. The maximum atomic E-state index is 13.6. The predicted molar refractivity (Wildman–Crippen MR) is 113 cm³/mol. The first-order valence-electron chi connectivity index (χ1n) is 9.82. The molecule has 0 spiro atoms. The molecule has 1 atom stereocenters. The number of hydrogen-bond acceptors (Lipinski definition) is 8. The number of aromatic nitrogens is 2. The molecule has 1 fully saturated rings. The Morgan fingerprint density at radius 1 is 1.29 bits per heavy atom. The van der Waals surface area contributed by atoms with E-state index in [0.29, 0.717) is 19.5 Å². The Bertz CT molecular complexity index is 992. The summed E-state index contributed by atoms with van der Waals surface area (Å²) in [6.45, 7) is 6.41. The van der Waals surface area contributed by atoms with Crippen molar-refractivity contribution in [2.45, 2.75) is 38.8 Å². The monoisotopic (exact) mass is 431 g/mol. The summed E-state index contributed by atoms with van der Waals surface area (Å²) in [5, 5.41) is 3.12. The maximum absolute atomic E-state index is 13.6. The number of carbonyl (C=O) groups excluding carboxylic acids is 2.